The number of H-pyrrole nitrogens is 1. The van der Waals surface area contributed by atoms with Gasteiger partial charge in [-0.05, 0) is 24.6 Å². The second kappa shape index (κ2) is 7.01. The van der Waals surface area contributed by atoms with Gasteiger partial charge in [0, 0.05) is 37.5 Å². The SMILES string of the molecule is Cc1cccc(-c2noc([C@@H]3Cc4nc[nH]c4CN3Cc3cccnc3)n2)c1. The van der Waals surface area contributed by atoms with Gasteiger partial charge in [-0.2, -0.15) is 4.98 Å². The summed E-state index contributed by atoms with van der Waals surface area (Å²) in [5.41, 5.74) is 5.47. The van der Waals surface area contributed by atoms with E-state index in [0.29, 0.717) is 11.7 Å². The molecule has 1 aliphatic heterocycles. The first-order valence-electron chi connectivity index (χ1n) is 9.31. The molecular weight excluding hydrogens is 352 g/mol. The number of aromatic amines is 1. The van der Waals surface area contributed by atoms with Crippen LogP contribution < -0.4 is 0 Å². The van der Waals surface area contributed by atoms with Gasteiger partial charge in [0.25, 0.3) is 0 Å². The zero-order valence-corrected chi connectivity index (χ0v) is 15.5. The summed E-state index contributed by atoms with van der Waals surface area (Å²) in [5.74, 6) is 1.24. The van der Waals surface area contributed by atoms with E-state index in [9.17, 15) is 0 Å². The highest BCUT2D eigenvalue weighted by molar-refractivity contribution is 5.55. The van der Waals surface area contributed by atoms with Gasteiger partial charge in [-0.25, -0.2) is 4.98 Å². The van der Waals surface area contributed by atoms with E-state index in [4.69, 9.17) is 9.51 Å². The molecule has 0 bridgehead atoms. The van der Waals surface area contributed by atoms with Crippen molar-refractivity contribution in [1.29, 1.82) is 0 Å². The van der Waals surface area contributed by atoms with Crippen LogP contribution in [0.1, 0.15) is 34.4 Å². The number of nitrogens with one attached hydrogen (secondary N) is 1. The lowest BCUT2D eigenvalue weighted by Gasteiger charge is -2.32. The van der Waals surface area contributed by atoms with Crippen LogP contribution >= 0.6 is 0 Å². The van der Waals surface area contributed by atoms with Gasteiger partial charge in [-0.15, -0.1) is 0 Å². The molecule has 7 nitrogen and oxygen atoms in total. The summed E-state index contributed by atoms with van der Waals surface area (Å²) in [6.07, 6.45) is 6.16. The minimum atomic E-state index is -0.0259. The van der Waals surface area contributed by atoms with Gasteiger partial charge in [-0.1, -0.05) is 35.0 Å². The molecule has 5 rings (SSSR count). The van der Waals surface area contributed by atoms with Crippen LogP contribution in [0.2, 0.25) is 0 Å². The second-order valence-electron chi connectivity index (χ2n) is 7.14. The van der Waals surface area contributed by atoms with Crippen LogP contribution in [0.3, 0.4) is 0 Å². The van der Waals surface area contributed by atoms with E-state index in [0.717, 1.165) is 42.0 Å². The summed E-state index contributed by atoms with van der Waals surface area (Å²) in [7, 11) is 0. The molecule has 3 aromatic heterocycles. The van der Waals surface area contributed by atoms with Gasteiger partial charge in [0.1, 0.15) is 0 Å². The molecule has 140 valence electrons. The van der Waals surface area contributed by atoms with Crippen molar-refractivity contribution in [2.24, 2.45) is 0 Å². The number of aromatic nitrogens is 5. The minimum Gasteiger partial charge on any atom is -0.347 e. The molecule has 0 spiro atoms. The maximum absolute atomic E-state index is 5.70. The fraction of sp³-hybridized carbons (Fsp3) is 0.238. The Labute approximate surface area is 162 Å². The number of imidazole rings is 1. The Balaban J connectivity index is 1.47. The normalized spacial score (nSPS) is 16.8. The fourth-order valence-electron chi connectivity index (χ4n) is 3.70. The Morgan fingerprint density at radius 2 is 2.21 bits per heavy atom. The third-order valence-electron chi connectivity index (χ3n) is 5.11. The lowest BCUT2D eigenvalue weighted by Crippen LogP contribution is -2.34. The van der Waals surface area contributed by atoms with Crippen molar-refractivity contribution in [2.45, 2.75) is 32.5 Å². The Morgan fingerprint density at radius 3 is 3.07 bits per heavy atom. The fourth-order valence-corrected chi connectivity index (χ4v) is 3.70. The Bertz CT molecular complexity index is 1090. The average Bonchev–Trinajstić information content (AvgIpc) is 3.37. The van der Waals surface area contributed by atoms with Crippen LogP contribution in [0, 0.1) is 6.92 Å². The van der Waals surface area contributed by atoms with E-state index >= 15 is 0 Å². The standard InChI is InChI=1S/C21H20N6O/c1-14-4-2-6-16(8-14)20-25-21(28-26-20)19-9-17-18(24-13-23-17)12-27(19)11-15-5-3-7-22-10-15/h2-8,10,13,19H,9,11-12H2,1H3,(H,23,24)/t19-/m0/s1. The molecule has 4 heterocycles. The summed E-state index contributed by atoms with van der Waals surface area (Å²) in [6, 6.07) is 12.1. The third-order valence-corrected chi connectivity index (χ3v) is 5.11. The summed E-state index contributed by atoms with van der Waals surface area (Å²) in [4.78, 5) is 19.0. The van der Waals surface area contributed by atoms with E-state index < -0.39 is 0 Å². The van der Waals surface area contributed by atoms with Gasteiger partial charge >= 0.3 is 0 Å². The van der Waals surface area contributed by atoms with Crippen molar-refractivity contribution in [3.8, 4) is 11.4 Å². The summed E-state index contributed by atoms with van der Waals surface area (Å²) >= 11 is 0. The highest BCUT2D eigenvalue weighted by Crippen LogP contribution is 2.33. The summed E-state index contributed by atoms with van der Waals surface area (Å²) in [6.45, 7) is 3.55. The molecule has 0 unspecified atom stereocenters. The van der Waals surface area contributed by atoms with E-state index in [1.54, 1.807) is 12.5 Å². The van der Waals surface area contributed by atoms with Gasteiger partial charge in [0.15, 0.2) is 0 Å². The molecular formula is C21H20N6O. The van der Waals surface area contributed by atoms with Crippen molar-refractivity contribution in [3.05, 3.63) is 83.5 Å². The lowest BCUT2D eigenvalue weighted by molar-refractivity contribution is 0.128. The van der Waals surface area contributed by atoms with E-state index in [1.165, 1.54) is 5.56 Å². The number of fused-ring (bicyclic) bond motifs is 1. The van der Waals surface area contributed by atoms with Crippen LogP contribution in [0.5, 0.6) is 0 Å². The van der Waals surface area contributed by atoms with Crippen LogP contribution in [-0.4, -0.2) is 30.0 Å². The molecule has 0 saturated heterocycles. The molecule has 28 heavy (non-hydrogen) atoms. The molecule has 7 heteroatoms. The lowest BCUT2D eigenvalue weighted by atomic mass is 10.0. The first kappa shape index (κ1) is 16.8. The number of nitrogens with zero attached hydrogens (tertiary/aromatic N) is 5. The zero-order valence-electron chi connectivity index (χ0n) is 15.5. The van der Waals surface area contributed by atoms with E-state index in [2.05, 4.69) is 50.1 Å². The molecule has 0 aliphatic carbocycles. The molecule has 1 aliphatic rings. The van der Waals surface area contributed by atoms with E-state index in [1.807, 2.05) is 24.4 Å². The monoisotopic (exact) mass is 372 g/mol. The number of rotatable bonds is 4. The predicted octanol–water partition coefficient (Wildman–Crippen LogP) is 3.46. The second-order valence-corrected chi connectivity index (χ2v) is 7.14. The maximum atomic E-state index is 5.70. The van der Waals surface area contributed by atoms with Crippen molar-refractivity contribution < 1.29 is 4.52 Å². The molecule has 0 saturated carbocycles. The zero-order chi connectivity index (χ0) is 18.9. The molecule has 4 aromatic rings. The van der Waals surface area contributed by atoms with Crippen molar-refractivity contribution >= 4 is 0 Å². The van der Waals surface area contributed by atoms with Gasteiger partial charge in [0.2, 0.25) is 11.7 Å². The highest BCUT2D eigenvalue weighted by atomic mass is 16.5. The molecule has 1 atom stereocenters. The number of hydrogen-bond donors (Lipinski definition) is 1. The van der Waals surface area contributed by atoms with Crippen LogP contribution in [-0.2, 0) is 19.5 Å². The maximum Gasteiger partial charge on any atom is 0.244 e. The number of benzene rings is 1. The number of hydrogen-bond acceptors (Lipinski definition) is 6. The summed E-state index contributed by atoms with van der Waals surface area (Å²) in [5, 5.41) is 4.23. The first-order valence-corrected chi connectivity index (χ1v) is 9.31. The van der Waals surface area contributed by atoms with Crippen LogP contribution in [0.4, 0.5) is 0 Å². The van der Waals surface area contributed by atoms with Crippen molar-refractivity contribution in [3.63, 3.8) is 0 Å². The van der Waals surface area contributed by atoms with Gasteiger partial charge < -0.3 is 9.51 Å². The average molecular weight is 372 g/mol. The van der Waals surface area contributed by atoms with Crippen LogP contribution in [0.25, 0.3) is 11.4 Å². The highest BCUT2D eigenvalue weighted by Gasteiger charge is 2.33. The first-order chi connectivity index (χ1) is 13.8. The van der Waals surface area contributed by atoms with Crippen molar-refractivity contribution in [2.75, 3.05) is 0 Å². The van der Waals surface area contributed by atoms with Crippen molar-refractivity contribution in [1.82, 2.24) is 30.0 Å². The predicted molar refractivity (Wildman–Crippen MR) is 103 cm³/mol. The Morgan fingerprint density at radius 1 is 1.25 bits per heavy atom. The smallest absolute Gasteiger partial charge is 0.244 e. The van der Waals surface area contributed by atoms with Crippen LogP contribution in [0.15, 0.2) is 59.6 Å². The number of aryl methyl sites for hydroxylation is 1. The number of pyridine rings is 1. The molecule has 0 radical (unpaired) electrons. The Hall–Kier alpha value is -3.32. The minimum absolute atomic E-state index is 0.0259. The molecule has 0 amide bonds. The summed E-state index contributed by atoms with van der Waals surface area (Å²) < 4.78 is 5.70. The molecule has 1 N–H and O–H groups in total. The van der Waals surface area contributed by atoms with Gasteiger partial charge in [0.05, 0.1) is 23.8 Å². The Kier molecular flexibility index (Phi) is 4.21. The topological polar surface area (TPSA) is 83.7 Å². The largest absolute Gasteiger partial charge is 0.347 e. The molecule has 0 fully saturated rings. The van der Waals surface area contributed by atoms with E-state index in [-0.39, 0.29) is 6.04 Å². The third kappa shape index (κ3) is 3.20. The quantitative estimate of drug-likeness (QED) is 0.591. The molecule has 1 aromatic carbocycles. The van der Waals surface area contributed by atoms with Gasteiger partial charge in [-0.3, -0.25) is 9.88 Å².